The summed E-state index contributed by atoms with van der Waals surface area (Å²) in [7, 11) is -3.59. The van der Waals surface area contributed by atoms with E-state index in [0.717, 1.165) is 6.26 Å². The number of aliphatic hydroxyl groups is 1. The van der Waals surface area contributed by atoms with Crippen molar-refractivity contribution in [3.05, 3.63) is 53.5 Å². The van der Waals surface area contributed by atoms with Crippen molar-refractivity contribution in [3.8, 4) is 5.75 Å². The van der Waals surface area contributed by atoms with Gasteiger partial charge in [0.15, 0.2) is 15.4 Å². The molecule has 1 aromatic carbocycles. The van der Waals surface area contributed by atoms with Crippen molar-refractivity contribution in [1.29, 1.82) is 0 Å². The summed E-state index contributed by atoms with van der Waals surface area (Å²) in [6, 6.07) is 6.06. The number of hydrogen-bond acceptors (Lipinski definition) is 5. The van der Waals surface area contributed by atoms with Crippen molar-refractivity contribution < 1.29 is 31.4 Å². The molecule has 1 unspecified atom stereocenters. The number of pyridine rings is 1. The van der Waals surface area contributed by atoms with E-state index in [1.807, 2.05) is 0 Å². The zero-order valence-corrected chi connectivity index (χ0v) is 19.3. The van der Waals surface area contributed by atoms with Crippen LogP contribution in [-0.2, 0) is 28.1 Å². The molecule has 1 aliphatic heterocycles. The van der Waals surface area contributed by atoms with Gasteiger partial charge in [-0.3, -0.25) is 4.98 Å². The Balaban J connectivity index is 1.76. The summed E-state index contributed by atoms with van der Waals surface area (Å²) in [5.74, 6) is 0.397. The zero-order chi connectivity index (χ0) is 24.2. The molecular weight excluding hydrogens is 457 g/mol. The van der Waals surface area contributed by atoms with Gasteiger partial charge in [-0.05, 0) is 41.7 Å². The Labute approximate surface area is 189 Å². The molecule has 0 amide bonds. The number of sulfone groups is 1. The van der Waals surface area contributed by atoms with Crippen LogP contribution < -0.4 is 4.74 Å². The largest absolute Gasteiger partial charge is 0.493 e. The van der Waals surface area contributed by atoms with Crippen LogP contribution in [-0.4, -0.2) is 48.1 Å². The van der Waals surface area contributed by atoms with Crippen LogP contribution in [0.3, 0.4) is 0 Å². The van der Waals surface area contributed by atoms with Gasteiger partial charge in [0.2, 0.25) is 0 Å². The SMILES string of the molecule is CC(C)(CC(O)(Cc1cc2cnccc2[nH]1)C(F)(F)F)c1cc(S(C)(=O)=O)cc2c1OCC2. The average molecular weight is 483 g/mol. The summed E-state index contributed by atoms with van der Waals surface area (Å²) in [4.78, 5) is 6.90. The van der Waals surface area contributed by atoms with Crippen LogP contribution in [0, 0.1) is 0 Å². The van der Waals surface area contributed by atoms with Crippen molar-refractivity contribution in [3.63, 3.8) is 0 Å². The molecule has 2 N–H and O–H groups in total. The molecule has 3 heterocycles. The molecule has 0 saturated heterocycles. The average Bonchev–Trinajstić information content (AvgIpc) is 3.30. The maximum Gasteiger partial charge on any atom is 0.417 e. The Morgan fingerprint density at radius 1 is 1.21 bits per heavy atom. The van der Waals surface area contributed by atoms with E-state index in [1.165, 1.54) is 30.6 Å². The number of aromatic nitrogens is 2. The Bertz CT molecular complexity index is 1280. The third-order valence-corrected chi connectivity index (χ3v) is 7.23. The van der Waals surface area contributed by atoms with E-state index in [1.54, 1.807) is 19.9 Å². The lowest BCUT2D eigenvalue weighted by atomic mass is 9.73. The molecular formula is C23H25F3N2O4S. The molecule has 0 spiro atoms. The fourth-order valence-corrected chi connectivity index (χ4v) is 5.22. The van der Waals surface area contributed by atoms with Crippen LogP contribution in [0.25, 0.3) is 10.9 Å². The van der Waals surface area contributed by atoms with Gasteiger partial charge in [0.1, 0.15) is 5.75 Å². The molecule has 1 atom stereocenters. The molecule has 0 radical (unpaired) electrons. The van der Waals surface area contributed by atoms with Gasteiger partial charge in [-0.2, -0.15) is 13.2 Å². The van der Waals surface area contributed by atoms with Crippen LogP contribution in [0.1, 0.15) is 37.1 Å². The summed E-state index contributed by atoms with van der Waals surface area (Å²) in [5.41, 5.74) is -2.51. The Morgan fingerprint density at radius 3 is 2.58 bits per heavy atom. The molecule has 0 saturated carbocycles. The molecule has 178 valence electrons. The molecule has 3 aromatic rings. The van der Waals surface area contributed by atoms with Crippen molar-refractivity contribution in [1.82, 2.24) is 9.97 Å². The maximum absolute atomic E-state index is 14.2. The first kappa shape index (κ1) is 23.6. The standard InChI is InChI=1S/C23H25F3N2O4S/c1-21(2,18-10-17(33(3,30)31)9-14-5-7-32-20(14)18)13-22(29,23(24,25)26)11-16-8-15-12-27-6-4-19(15)28-16/h4,6,8-10,12,28-29H,5,7,11,13H2,1-3H3. The number of rotatable bonds is 6. The van der Waals surface area contributed by atoms with E-state index in [9.17, 15) is 26.7 Å². The second kappa shape index (κ2) is 7.73. The summed E-state index contributed by atoms with van der Waals surface area (Å²) in [6.45, 7) is 3.43. The van der Waals surface area contributed by atoms with Crippen molar-refractivity contribution in [2.24, 2.45) is 0 Å². The number of alkyl halides is 3. The van der Waals surface area contributed by atoms with Gasteiger partial charge in [0.05, 0.1) is 11.5 Å². The molecule has 2 aromatic heterocycles. The van der Waals surface area contributed by atoms with E-state index in [4.69, 9.17) is 4.74 Å². The summed E-state index contributed by atoms with van der Waals surface area (Å²) < 4.78 is 72.8. The van der Waals surface area contributed by atoms with Gasteiger partial charge in [-0.1, -0.05) is 13.8 Å². The number of H-pyrrole nitrogens is 1. The monoisotopic (exact) mass is 482 g/mol. The number of benzene rings is 1. The van der Waals surface area contributed by atoms with Gasteiger partial charge < -0.3 is 14.8 Å². The predicted molar refractivity (Wildman–Crippen MR) is 117 cm³/mol. The smallest absolute Gasteiger partial charge is 0.417 e. The first-order valence-electron chi connectivity index (χ1n) is 10.4. The zero-order valence-electron chi connectivity index (χ0n) is 18.5. The minimum Gasteiger partial charge on any atom is -0.493 e. The fourth-order valence-electron chi connectivity index (χ4n) is 4.53. The highest BCUT2D eigenvalue weighted by Gasteiger charge is 2.56. The van der Waals surface area contributed by atoms with Gasteiger partial charge in [0.25, 0.3) is 0 Å². The Kier molecular flexibility index (Phi) is 5.52. The normalized spacial score (nSPS) is 16.5. The minimum atomic E-state index is -4.93. The van der Waals surface area contributed by atoms with Crippen LogP contribution in [0.5, 0.6) is 5.75 Å². The highest BCUT2D eigenvalue weighted by molar-refractivity contribution is 7.90. The highest BCUT2D eigenvalue weighted by Crippen LogP contribution is 2.47. The topological polar surface area (TPSA) is 92.3 Å². The number of halogens is 3. The molecule has 1 aliphatic rings. The lowest BCUT2D eigenvalue weighted by molar-refractivity contribution is -0.266. The molecule has 33 heavy (non-hydrogen) atoms. The van der Waals surface area contributed by atoms with E-state index in [-0.39, 0.29) is 10.6 Å². The lowest BCUT2D eigenvalue weighted by Crippen LogP contribution is -2.51. The Morgan fingerprint density at radius 2 is 1.94 bits per heavy atom. The molecule has 6 nitrogen and oxygen atoms in total. The first-order valence-corrected chi connectivity index (χ1v) is 12.3. The number of nitrogens with zero attached hydrogens (tertiary/aromatic N) is 1. The van der Waals surface area contributed by atoms with Gasteiger partial charge in [-0.25, -0.2) is 8.42 Å². The molecule has 0 fully saturated rings. The number of ether oxygens (including phenoxy) is 1. The number of fused-ring (bicyclic) bond motifs is 2. The molecule has 0 bridgehead atoms. The fraction of sp³-hybridized carbons (Fsp3) is 0.435. The van der Waals surface area contributed by atoms with Crippen LogP contribution in [0.4, 0.5) is 13.2 Å². The third kappa shape index (κ3) is 4.46. The van der Waals surface area contributed by atoms with Gasteiger partial charge >= 0.3 is 6.18 Å². The van der Waals surface area contributed by atoms with Crippen LogP contribution in [0.15, 0.2) is 41.6 Å². The van der Waals surface area contributed by atoms with Crippen molar-refractivity contribution >= 4 is 20.7 Å². The van der Waals surface area contributed by atoms with E-state index < -0.39 is 39.9 Å². The summed E-state index contributed by atoms with van der Waals surface area (Å²) >= 11 is 0. The second-order valence-corrected chi connectivity index (χ2v) is 11.4. The lowest BCUT2D eigenvalue weighted by Gasteiger charge is -2.38. The van der Waals surface area contributed by atoms with Gasteiger partial charge in [-0.15, -0.1) is 0 Å². The highest BCUT2D eigenvalue weighted by atomic mass is 32.2. The molecule has 4 rings (SSSR count). The van der Waals surface area contributed by atoms with Crippen LogP contribution in [0.2, 0.25) is 0 Å². The number of aromatic amines is 1. The van der Waals surface area contributed by atoms with E-state index in [2.05, 4.69) is 9.97 Å². The Hall–Kier alpha value is -2.59. The van der Waals surface area contributed by atoms with Crippen molar-refractivity contribution in [2.45, 2.75) is 55.2 Å². The van der Waals surface area contributed by atoms with E-state index >= 15 is 0 Å². The predicted octanol–water partition coefficient (Wildman–Crippen LogP) is 4.11. The second-order valence-electron chi connectivity index (χ2n) is 9.35. The number of nitrogens with one attached hydrogen (secondary N) is 1. The van der Waals surface area contributed by atoms with E-state index in [0.29, 0.717) is 40.8 Å². The quantitative estimate of drug-likeness (QED) is 0.552. The molecule has 10 heteroatoms. The minimum absolute atomic E-state index is 0.0218. The summed E-state index contributed by atoms with van der Waals surface area (Å²) in [6.07, 6.45) is -1.74. The first-order chi connectivity index (χ1) is 15.2. The van der Waals surface area contributed by atoms with Gasteiger partial charge in [0, 0.05) is 53.7 Å². The summed E-state index contributed by atoms with van der Waals surface area (Å²) in [5, 5.41) is 11.6. The maximum atomic E-state index is 14.2. The molecule has 0 aliphatic carbocycles. The van der Waals surface area contributed by atoms with Crippen molar-refractivity contribution in [2.75, 3.05) is 12.9 Å². The van der Waals surface area contributed by atoms with Crippen LogP contribution >= 0.6 is 0 Å². The number of hydrogen-bond donors (Lipinski definition) is 2. The third-order valence-electron chi connectivity index (χ3n) is 6.14.